The van der Waals surface area contributed by atoms with Crippen molar-refractivity contribution in [3.63, 3.8) is 0 Å². The average Bonchev–Trinajstić information content (AvgIpc) is 2.66. The summed E-state index contributed by atoms with van der Waals surface area (Å²) in [6, 6.07) is 7.16. The van der Waals surface area contributed by atoms with Gasteiger partial charge < -0.3 is 4.90 Å². The van der Waals surface area contributed by atoms with Gasteiger partial charge in [-0.1, -0.05) is 30.7 Å². The zero-order chi connectivity index (χ0) is 15.0. The van der Waals surface area contributed by atoms with E-state index in [0.717, 1.165) is 31.2 Å². The van der Waals surface area contributed by atoms with Gasteiger partial charge in [-0.05, 0) is 49.3 Å². The lowest BCUT2D eigenvalue weighted by molar-refractivity contribution is -0.128. The van der Waals surface area contributed by atoms with E-state index in [4.69, 9.17) is 11.6 Å². The predicted molar refractivity (Wildman–Crippen MR) is 80.9 cm³/mol. The second kappa shape index (κ2) is 5.34. The first kappa shape index (κ1) is 14.4. The molecule has 2 aliphatic rings. The van der Waals surface area contributed by atoms with E-state index in [1.54, 1.807) is 11.0 Å². The largest absolute Gasteiger partial charge is 0.325 e. The molecule has 0 aromatic heterocycles. The topological polar surface area (TPSA) is 49.4 Å². The summed E-state index contributed by atoms with van der Waals surface area (Å²) >= 11 is 6.01. The monoisotopic (exact) mass is 306 g/mol. The summed E-state index contributed by atoms with van der Waals surface area (Å²) in [5.41, 5.74) is 0.289. The van der Waals surface area contributed by atoms with Crippen LogP contribution in [-0.2, 0) is 11.3 Å². The molecule has 1 aromatic carbocycles. The van der Waals surface area contributed by atoms with Crippen LogP contribution in [-0.4, -0.2) is 22.4 Å². The molecule has 1 heterocycles. The number of carbonyl (C=O) groups excluding carboxylic acids is 2. The highest BCUT2D eigenvalue weighted by atomic mass is 35.5. The van der Waals surface area contributed by atoms with Crippen molar-refractivity contribution in [1.82, 2.24) is 10.2 Å². The standard InChI is InChI=1S/C16H19ClN2O2/c1-11-5-7-16(8-6-11)14(20)18-15(21)19(16)10-12-3-2-4-13(17)9-12/h2-4,9,11H,5-8,10H2,1H3,(H,18,20,21). The number of amides is 3. The lowest BCUT2D eigenvalue weighted by Crippen LogP contribution is -2.51. The number of nitrogens with zero attached hydrogens (tertiary/aromatic N) is 1. The van der Waals surface area contributed by atoms with E-state index in [1.807, 2.05) is 18.2 Å². The molecular formula is C16H19ClN2O2. The lowest BCUT2D eigenvalue weighted by atomic mass is 9.76. The Morgan fingerprint density at radius 1 is 1.33 bits per heavy atom. The normalized spacial score (nSPS) is 29.0. The molecule has 2 fully saturated rings. The van der Waals surface area contributed by atoms with Crippen LogP contribution < -0.4 is 5.32 Å². The Balaban J connectivity index is 1.87. The molecule has 3 amide bonds. The molecule has 21 heavy (non-hydrogen) atoms. The number of halogens is 1. The van der Waals surface area contributed by atoms with Crippen molar-refractivity contribution in [3.8, 4) is 0 Å². The van der Waals surface area contributed by atoms with Crippen LogP contribution in [0.3, 0.4) is 0 Å². The molecule has 5 heteroatoms. The van der Waals surface area contributed by atoms with Gasteiger partial charge >= 0.3 is 6.03 Å². The maximum absolute atomic E-state index is 12.3. The van der Waals surface area contributed by atoms with Gasteiger partial charge in [-0.3, -0.25) is 10.1 Å². The van der Waals surface area contributed by atoms with E-state index < -0.39 is 5.54 Å². The molecule has 1 aromatic rings. The average molecular weight is 307 g/mol. The van der Waals surface area contributed by atoms with E-state index in [2.05, 4.69) is 12.2 Å². The summed E-state index contributed by atoms with van der Waals surface area (Å²) in [6.07, 6.45) is 3.44. The Kier molecular flexibility index (Phi) is 3.66. The quantitative estimate of drug-likeness (QED) is 0.852. The summed E-state index contributed by atoms with van der Waals surface area (Å²) in [5.74, 6) is 0.480. The number of benzene rings is 1. The molecular weight excluding hydrogens is 288 g/mol. The third kappa shape index (κ3) is 2.53. The number of urea groups is 1. The van der Waals surface area contributed by atoms with E-state index in [1.165, 1.54) is 0 Å². The second-order valence-electron chi connectivity index (χ2n) is 6.19. The van der Waals surface area contributed by atoms with Gasteiger partial charge in [0.15, 0.2) is 0 Å². The highest BCUT2D eigenvalue weighted by Crippen LogP contribution is 2.40. The third-order valence-corrected chi connectivity index (χ3v) is 4.97. The summed E-state index contributed by atoms with van der Waals surface area (Å²) in [6.45, 7) is 2.62. The molecule has 1 spiro atoms. The van der Waals surface area contributed by atoms with Gasteiger partial charge in [0.05, 0.1) is 0 Å². The van der Waals surface area contributed by atoms with E-state index >= 15 is 0 Å². The summed E-state index contributed by atoms with van der Waals surface area (Å²) in [7, 11) is 0. The van der Waals surface area contributed by atoms with Gasteiger partial charge in [-0.15, -0.1) is 0 Å². The molecule has 3 rings (SSSR count). The Morgan fingerprint density at radius 3 is 2.71 bits per heavy atom. The number of carbonyl (C=O) groups is 2. The Hall–Kier alpha value is -1.55. The van der Waals surface area contributed by atoms with Crippen molar-refractivity contribution in [2.75, 3.05) is 0 Å². The van der Waals surface area contributed by atoms with Gasteiger partial charge in [-0.25, -0.2) is 4.79 Å². The van der Waals surface area contributed by atoms with Crippen LogP contribution >= 0.6 is 11.6 Å². The van der Waals surface area contributed by atoms with Crippen molar-refractivity contribution in [1.29, 1.82) is 0 Å². The molecule has 1 N–H and O–H groups in total. The Labute approximate surface area is 129 Å². The first-order chi connectivity index (χ1) is 10.0. The van der Waals surface area contributed by atoms with Gasteiger partial charge in [0.25, 0.3) is 5.91 Å². The third-order valence-electron chi connectivity index (χ3n) is 4.74. The zero-order valence-electron chi connectivity index (χ0n) is 12.1. The lowest BCUT2D eigenvalue weighted by Gasteiger charge is -2.40. The first-order valence-electron chi connectivity index (χ1n) is 7.39. The van der Waals surface area contributed by atoms with Crippen LogP contribution in [0.1, 0.15) is 38.2 Å². The minimum Gasteiger partial charge on any atom is -0.305 e. The fourth-order valence-electron chi connectivity index (χ4n) is 3.38. The van der Waals surface area contributed by atoms with E-state index in [-0.39, 0.29) is 11.9 Å². The van der Waals surface area contributed by atoms with Crippen LogP contribution in [0, 0.1) is 5.92 Å². The molecule has 4 nitrogen and oxygen atoms in total. The van der Waals surface area contributed by atoms with Crippen molar-refractivity contribution >= 4 is 23.5 Å². The molecule has 1 saturated carbocycles. The maximum atomic E-state index is 12.3. The molecule has 0 bridgehead atoms. The molecule has 112 valence electrons. The molecule has 1 aliphatic carbocycles. The van der Waals surface area contributed by atoms with Gasteiger partial charge in [-0.2, -0.15) is 0 Å². The van der Waals surface area contributed by atoms with Crippen molar-refractivity contribution in [2.45, 2.75) is 44.7 Å². The predicted octanol–water partition coefficient (Wildman–Crippen LogP) is 3.34. The molecule has 1 saturated heterocycles. The van der Waals surface area contributed by atoms with E-state index in [9.17, 15) is 9.59 Å². The Morgan fingerprint density at radius 2 is 2.05 bits per heavy atom. The van der Waals surface area contributed by atoms with Crippen LogP contribution in [0.5, 0.6) is 0 Å². The fraction of sp³-hybridized carbons (Fsp3) is 0.500. The summed E-state index contributed by atoms with van der Waals surface area (Å²) in [4.78, 5) is 26.2. The maximum Gasteiger partial charge on any atom is 0.325 e. The molecule has 1 aliphatic heterocycles. The van der Waals surface area contributed by atoms with Crippen molar-refractivity contribution < 1.29 is 9.59 Å². The zero-order valence-corrected chi connectivity index (χ0v) is 12.8. The van der Waals surface area contributed by atoms with Crippen LogP contribution in [0.4, 0.5) is 4.79 Å². The first-order valence-corrected chi connectivity index (χ1v) is 7.76. The summed E-state index contributed by atoms with van der Waals surface area (Å²) < 4.78 is 0. The van der Waals surface area contributed by atoms with Gasteiger partial charge in [0.1, 0.15) is 5.54 Å². The number of hydrogen-bond acceptors (Lipinski definition) is 2. The number of imide groups is 1. The Bertz CT molecular complexity index is 579. The summed E-state index contributed by atoms with van der Waals surface area (Å²) in [5, 5.41) is 3.14. The highest BCUT2D eigenvalue weighted by molar-refractivity contribution is 6.30. The number of hydrogen-bond donors (Lipinski definition) is 1. The van der Waals surface area contributed by atoms with Crippen LogP contribution in [0.25, 0.3) is 0 Å². The second-order valence-corrected chi connectivity index (χ2v) is 6.63. The van der Waals surface area contributed by atoms with Crippen molar-refractivity contribution in [3.05, 3.63) is 34.9 Å². The molecule has 0 unspecified atom stereocenters. The minimum atomic E-state index is -0.661. The molecule has 0 atom stereocenters. The highest BCUT2D eigenvalue weighted by Gasteiger charge is 2.53. The van der Waals surface area contributed by atoms with Gasteiger partial charge in [0, 0.05) is 11.6 Å². The van der Waals surface area contributed by atoms with E-state index in [0.29, 0.717) is 17.5 Å². The minimum absolute atomic E-state index is 0.138. The van der Waals surface area contributed by atoms with Crippen LogP contribution in [0.15, 0.2) is 24.3 Å². The fourth-order valence-corrected chi connectivity index (χ4v) is 3.59. The van der Waals surface area contributed by atoms with Crippen molar-refractivity contribution in [2.24, 2.45) is 5.92 Å². The smallest absolute Gasteiger partial charge is 0.305 e. The number of rotatable bonds is 2. The van der Waals surface area contributed by atoms with Gasteiger partial charge in [0.2, 0.25) is 0 Å². The molecule has 0 radical (unpaired) electrons. The van der Waals surface area contributed by atoms with Crippen LogP contribution in [0.2, 0.25) is 5.02 Å². The SMILES string of the molecule is CC1CCC2(CC1)C(=O)NC(=O)N2Cc1cccc(Cl)c1. The number of nitrogens with one attached hydrogen (secondary N) is 1.